The molecule has 136 valence electrons. The van der Waals surface area contributed by atoms with E-state index in [-0.39, 0.29) is 12.3 Å². The van der Waals surface area contributed by atoms with Crippen molar-refractivity contribution >= 4 is 39.2 Å². The van der Waals surface area contributed by atoms with Gasteiger partial charge in [-0.15, -0.1) is 11.3 Å². The Morgan fingerprint density at radius 3 is 2.85 bits per heavy atom. The summed E-state index contributed by atoms with van der Waals surface area (Å²) >= 11 is 1.45. The number of H-pyrrole nitrogens is 1. The van der Waals surface area contributed by atoms with E-state index in [1.165, 1.54) is 11.3 Å². The van der Waals surface area contributed by atoms with Crippen LogP contribution in [0.1, 0.15) is 17.2 Å². The van der Waals surface area contributed by atoms with Crippen molar-refractivity contribution in [2.24, 2.45) is 0 Å². The number of aryl methyl sites for hydroxylation is 1. The Hall–Kier alpha value is -3.26. The Labute approximate surface area is 159 Å². The Bertz CT molecular complexity index is 1050. The molecular weight excluding hydrogens is 360 g/mol. The molecule has 0 saturated carbocycles. The monoisotopic (exact) mass is 378 g/mol. The highest BCUT2D eigenvalue weighted by Gasteiger charge is 2.09. The fourth-order valence-corrected chi connectivity index (χ4v) is 3.38. The summed E-state index contributed by atoms with van der Waals surface area (Å²) in [5.74, 6) is 1.38. The van der Waals surface area contributed by atoms with E-state index >= 15 is 0 Å². The molecule has 7 nitrogen and oxygen atoms in total. The van der Waals surface area contributed by atoms with E-state index in [0.29, 0.717) is 11.7 Å². The smallest absolute Gasteiger partial charge is 0.226 e. The van der Waals surface area contributed by atoms with Gasteiger partial charge >= 0.3 is 0 Å². The summed E-state index contributed by atoms with van der Waals surface area (Å²) in [7, 11) is 0. The number of nitrogens with zero attached hydrogens (tertiary/aromatic N) is 3. The summed E-state index contributed by atoms with van der Waals surface area (Å²) in [5.41, 5.74) is 3.50. The lowest BCUT2D eigenvalue weighted by atomic mass is 10.3. The number of nitrogens with one attached hydrogen (secondary N) is 3. The number of thiazole rings is 1. The Morgan fingerprint density at radius 1 is 1.11 bits per heavy atom. The molecule has 0 saturated heterocycles. The first-order valence-electron chi connectivity index (χ1n) is 8.51. The van der Waals surface area contributed by atoms with Crippen LogP contribution in [0, 0.1) is 6.92 Å². The first kappa shape index (κ1) is 17.2. The molecule has 8 heteroatoms. The average molecular weight is 378 g/mol. The van der Waals surface area contributed by atoms with Crippen LogP contribution in [-0.4, -0.2) is 25.8 Å². The second kappa shape index (κ2) is 7.55. The van der Waals surface area contributed by atoms with Crippen molar-refractivity contribution in [2.45, 2.75) is 19.9 Å². The van der Waals surface area contributed by atoms with Gasteiger partial charge in [0, 0.05) is 11.1 Å². The summed E-state index contributed by atoms with van der Waals surface area (Å²) in [6.45, 7) is 2.29. The van der Waals surface area contributed by atoms with Crippen molar-refractivity contribution in [3.8, 4) is 0 Å². The van der Waals surface area contributed by atoms with E-state index < -0.39 is 0 Å². The molecule has 4 aromatic rings. The minimum Gasteiger partial charge on any atom is -0.349 e. The van der Waals surface area contributed by atoms with E-state index in [4.69, 9.17) is 0 Å². The molecule has 0 atom stereocenters. The third-order valence-corrected chi connectivity index (χ3v) is 4.71. The zero-order valence-corrected chi connectivity index (χ0v) is 15.5. The molecule has 27 heavy (non-hydrogen) atoms. The number of carbonyl (C=O) groups excluding carboxylic acids is 1. The number of hydrogen-bond acceptors (Lipinski definition) is 6. The number of aromatic nitrogens is 4. The number of anilines is 2. The summed E-state index contributed by atoms with van der Waals surface area (Å²) in [4.78, 5) is 28.7. The Kier molecular flexibility index (Phi) is 4.80. The fraction of sp³-hybridized carbons (Fsp3) is 0.158. The van der Waals surface area contributed by atoms with Crippen molar-refractivity contribution in [2.75, 3.05) is 5.32 Å². The molecule has 3 heterocycles. The number of amides is 1. The molecule has 0 aliphatic carbocycles. The maximum absolute atomic E-state index is 12.2. The number of fused-ring (bicyclic) bond motifs is 1. The highest BCUT2D eigenvalue weighted by Crippen LogP contribution is 2.20. The quantitative estimate of drug-likeness (QED) is 0.478. The van der Waals surface area contributed by atoms with Crippen LogP contribution in [0.2, 0.25) is 0 Å². The third-order valence-electron chi connectivity index (χ3n) is 3.91. The predicted octanol–water partition coefficient (Wildman–Crippen LogP) is 3.33. The molecule has 0 radical (unpaired) electrons. The van der Waals surface area contributed by atoms with E-state index in [1.54, 1.807) is 0 Å². The molecule has 1 amide bonds. The second-order valence-electron chi connectivity index (χ2n) is 6.09. The first-order valence-corrected chi connectivity index (χ1v) is 9.39. The minimum atomic E-state index is -0.0963. The molecule has 4 rings (SSSR count). The van der Waals surface area contributed by atoms with Crippen LogP contribution in [-0.2, 0) is 17.8 Å². The molecule has 0 aliphatic heterocycles. The van der Waals surface area contributed by atoms with Crippen LogP contribution in [0.25, 0.3) is 11.0 Å². The van der Waals surface area contributed by atoms with E-state index in [0.717, 1.165) is 34.1 Å². The van der Waals surface area contributed by atoms with Gasteiger partial charge in [0.1, 0.15) is 11.6 Å². The number of para-hydroxylation sites is 2. The average Bonchev–Trinajstić information content (AvgIpc) is 3.26. The van der Waals surface area contributed by atoms with Crippen molar-refractivity contribution in [3.05, 3.63) is 65.1 Å². The topological polar surface area (TPSA) is 95.6 Å². The summed E-state index contributed by atoms with van der Waals surface area (Å²) < 4.78 is 0. The van der Waals surface area contributed by atoms with Gasteiger partial charge in [0.15, 0.2) is 5.13 Å². The van der Waals surface area contributed by atoms with Gasteiger partial charge in [-0.1, -0.05) is 18.2 Å². The minimum absolute atomic E-state index is 0.0963. The Balaban J connectivity index is 1.32. The number of benzene rings is 1. The van der Waals surface area contributed by atoms with Crippen molar-refractivity contribution < 1.29 is 4.79 Å². The molecule has 1 aromatic carbocycles. The standard InChI is InChI=1S/C19H18N6OS/c1-12-5-4-8-16(21-12)25-19-22-13(11-27-19)9-18(26)20-10-17-23-14-6-2-3-7-15(14)24-17/h2-8,11H,9-10H2,1H3,(H,20,26)(H,23,24)(H,21,22,25). The maximum atomic E-state index is 12.2. The molecule has 0 unspecified atom stereocenters. The number of aromatic amines is 1. The van der Waals surface area contributed by atoms with Gasteiger partial charge in [0.25, 0.3) is 0 Å². The van der Waals surface area contributed by atoms with Gasteiger partial charge in [-0.3, -0.25) is 4.79 Å². The highest BCUT2D eigenvalue weighted by molar-refractivity contribution is 7.13. The van der Waals surface area contributed by atoms with Gasteiger partial charge in [0.2, 0.25) is 5.91 Å². The van der Waals surface area contributed by atoms with Gasteiger partial charge in [0.05, 0.1) is 29.7 Å². The largest absolute Gasteiger partial charge is 0.349 e. The maximum Gasteiger partial charge on any atom is 0.226 e. The number of hydrogen-bond donors (Lipinski definition) is 3. The number of imidazole rings is 1. The zero-order chi connectivity index (χ0) is 18.6. The van der Waals surface area contributed by atoms with Crippen LogP contribution in [0.4, 0.5) is 10.9 Å². The van der Waals surface area contributed by atoms with Crippen LogP contribution in [0.5, 0.6) is 0 Å². The number of carbonyl (C=O) groups is 1. The van der Waals surface area contributed by atoms with Gasteiger partial charge in [-0.2, -0.15) is 0 Å². The molecule has 3 aromatic heterocycles. The number of rotatable bonds is 6. The second-order valence-corrected chi connectivity index (χ2v) is 6.95. The lowest BCUT2D eigenvalue weighted by Crippen LogP contribution is -2.25. The first-order chi connectivity index (χ1) is 13.2. The van der Waals surface area contributed by atoms with Gasteiger partial charge < -0.3 is 15.6 Å². The molecular formula is C19H18N6OS. The van der Waals surface area contributed by atoms with Crippen LogP contribution < -0.4 is 10.6 Å². The SMILES string of the molecule is Cc1cccc(Nc2nc(CC(=O)NCc3nc4ccccc4[nH]3)cs2)n1. The summed E-state index contributed by atoms with van der Waals surface area (Å²) in [6, 6.07) is 13.5. The zero-order valence-electron chi connectivity index (χ0n) is 14.7. The normalized spacial score (nSPS) is 10.9. The van der Waals surface area contributed by atoms with Gasteiger partial charge in [-0.05, 0) is 31.2 Å². The van der Waals surface area contributed by atoms with E-state index in [9.17, 15) is 4.79 Å². The Morgan fingerprint density at radius 2 is 2.00 bits per heavy atom. The lowest BCUT2D eigenvalue weighted by molar-refractivity contribution is -0.120. The summed E-state index contributed by atoms with van der Waals surface area (Å²) in [6.07, 6.45) is 0.222. The highest BCUT2D eigenvalue weighted by atomic mass is 32.1. The molecule has 0 spiro atoms. The molecule has 0 aliphatic rings. The van der Waals surface area contributed by atoms with Crippen molar-refractivity contribution in [3.63, 3.8) is 0 Å². The number of pyridine rings is 1. The van der Waals surface area contributed by atoms with Gasteiger partial charge in [-0.25, -0.2) is 15.0 Å². The lowest BCUT2D eigenvalue weighted by Gasteiger charge is -2.02. The van der Waals surface area contributed by atoms with Crippen LogP contribution >= 0.6 is 11.3 Å². The van der Waals surface area contributed by atoms with Crippen molar-refractivity contribution in [1.29, 1.82) is 0 Å². The molecule has 0 bridgehead atoms. The molecule has 0 fully saturated rings. The van der Waals surface area contributed by atoms with Crippen LogP contribution in [0.15, 0.2) is 47.8 Å². The summed E-state index contributed by atoms with van der Waals surface area (Å²) in [5, 5.41) is 8.62. The fourth-order valence-electron chi connectivity index (χ4n) is 2.67. The molecule has 3 N–H and O–H groups in total. The van der Waals surface area contributed by atoms with Crippen molar-refractivity contribution in [1.82, 2.24) is 25.3 Å². The van der Waals surface area contributed by atoms with E-state index in [1.807, 2.05) is 54.8 Å². The third kappa shape index (κ3) is 4.29. The predicted molar refractivity (Wildman–Crippen MR) is 106 cm³/mol. The van der Waals surface area contributed by atoms with E-state index in [2.05, 4.69) is 30.6 Å². The van der Waals surface area contributed by atoms with Crippen LogP contribution in [0.3, 0.4) is 0 Å².